The van der Waals surface area contributed by atoms with Crippen molar-refractivity contribution in [2.24, 2.45) is 5.41 Å². The smallest absolute Gasteiger partial charge is 0.343 e. The molecule has 0 saturated heterocycles. The number of carbonyl (C=O) groups excluding carboxylic acids is 2. The van der Waals surface area contributed by atoms with E-state index < -0.39 is 17.2 Å². The van der Waals surface area contributed by atoms with Crippen LogP contribution in [0, 0.1) is 11.2 Å². The molecule has 0 saturated carbocycles. The molecule has 26 heavy (non-hydrogen) atoms. The molecule has 1 N–H and O–H groups in total. The third-order valence-corrected chi connectivity index (χ3v) is 3.62. The highest BCUT2D eigenvalue weighted by atomic mass is 19.1. The van der Waals surface area contributed by atoms with Crippen molar-refractivity contribution in [3.8, 4) is 5.75 Å². The van der Waals surface area contributed by atoms with Crippen LogP contribution < -0.4 is 10.1 Å². The molecule has 1 amide bonds. The summed E-state index contributed by atoms with van der Waals surface area (Å²) in [5.41, 5.74) is 0.125. The number of rotatable bonds is 5. The minimum atomic E-state index is -0.725. The number of hydrogen-bond acceptors (Lipinski definition) is 4. The van der Waals surface area contributed by atoms with E-state index in [1.54, 1.807) is 20.8 Å². The molecule has 0 aliphatic carbocycles. The van der Waals surface area contributed by atoms with E-state index in [0.717, 1.165) is 17.7 Å². The van der Waals surface area contributed by atoms with Crippen LogP contribution in [0.3, 0.4) is 0 Å². The Kier molecular flexibility index (Phi) is 5.97. The van der Waals surface area contributed by atoms with Crippen LogP contribution >= 0.6 is 0 Å². The molecule has 5 nitrogen and oxygen atoms in total. The van der Waals surface area contributed by atoms with Crippen molar-refractivity contribution in [1.29, 1.82) is 0 Å². The van der Waals surface area contributed by atoms with Crippen LogP contribution in [0.5, 0.6) is 5.75 Å². The topological polar surface area (TPSA) is 64.6 Å². The van der Waals surface area contributed by atoms with E-state index in [4.69, 9.17) is 9.47 Å². The van der Waals surface area contributed by atoms with Gasteiger partial charge in [-0.2, -0.15) is 0 Å². The first-order valence-electron chi connectivity index (χ1n) is 8.12. The molecule has 0 aliphatic rings. The fourth-order valence-corrected chi connectivity index (χ4v) is 2.15. The lowest BCUT2D eigenvalue weighted by Gasteiger charge is -2.20. The summed E-state index contributed by atoms with van der Waals surface area (Å²) in [6.45, 7) is 5.28. The number of methoxy groups -OCH3 is 1. The average Bonchev–Trinajstić information content (AvgIpc) is 2.59. The predicted molar refractivity (Wildman–Crippen MR) is 96.6 cm³/mol. The molecule has 0 unspecified atom stereocenters. The average molecular weight is 359 g/mol. The van der Waals surface area contributed by atoms with Gasteiger partial charge in [-0.05, 0) is 11.6 Å². The fourth-order valence-electron chi connectivity index (χ4n) is 2.15. The van der Waals surface area contributed by atoms with Crippen molar-refractivity contribution >= 4 is 17.6 Å². The first kappa shape index (κ1) is 19.4. The van der Waals surface area contributed by atoms with Gasteiger partial charge in [0.05, 0.1) is 12.8 Å². The summed E-state index contributed by atoms with van der Waals surface area (Å²) in [7, 11) is 1.21. The molecule has 0 spiro atoms. The molecule has 0 heterocycles. The summed E-state index contributed by atoms with van der Waals surface area (Å²) in [6.07, 6.45) is 0. The van der Waals surface area contributed by atoms with Gasteiger partial charge in [0, 0.05) is 11.5 Å². The molecule has 0 aromatic heterocycles. The Morgan fingerprint density at radius 2 is 1.77 bits per heavy atom. The van der Waals surface area contributed by atoms with Gasteiger partial charge in [0.25, 0.3) is 0 Å². The molecular formula is C20H22FNO4. The maximum Gasteiger partial charge on any atom is 0.343 e. The zero-order valence-electron chi connectivity index (χ0n) is 15.3. The molecule has 2 rings (SSSR count). The minimum Gasteiger partial charge on any atom is -0.488 e. The Bertz CT molecular complexity index is 797. The van der Waals surface area contributed by atoms with Crippen LogP contribution in [0.4, 0.5) is 10.1 Å². The first-order chi connectivity index (χ1) is 12.2. The number of carbonyl (C=O) groups is 2. The van der Waals surface area contributed by atoms with Crippen LogP contribution in [0.15, 0.2) is 42.5 Å². The molecule has 138 valence electrons. The van der Waals surface area contributed by atoms with Crippen molar-refractivity contribution in [3.05, 3.63) is 59.4 Å². The Morgan fingerprint density at radius 3 is 2.35 bits per heavy atom. The Balaban J connectivity index is 2.40. The van der Waals surface area contributed by atoms with E-state index in [2.05, 4.69) is 5.32 Å². The molecule has 0 bridgehead atoms. The molecule has 0 atom stereocenters. The molecule has 6 heteroatoms. The van der Waals surface area contributed by atoms with Gasteiger partial charge in [-0.3, -0.25) is 4.79 Å². The lowest BCUT2D eigenvalue weighted by molar-refractivity contribution is -0.123. The van der Waals surface area contributed by atoms with Gasteiger partial charge < -0.3 is 14.8 Å². The predicted octanol–water partition coefficient (Wildman–Crippen LogP) is 4.18. The summed E-state index contributed by atoms with van der Waals surface area (Å²) in [5, 5.41) is 2.59. The van der Waals surface area contributed by atoms with Crippen LogP contribution in [0.2, 0.25) is 0 Å². The van der Waals surface area contributed by atoms with Crippen LogP contribution in [-0.2, 0) is 16.1 Å². The van der Waals surface area contributed by atoms with Crippen LogP contribution in [0.1, 0.15) is 36.7 Å². The van der Waals surface area contributed by atoms with Gasteiger partial charge >= 0.3 is 5.97 Å². The lowest BCUT2D eigenvalue weighted by atomic mass is 9.95. The Labute approximate surface area is 152 Å². The van der Waals surface area contributed by atoms with Gasteiger partial charge in [0.15, 0.2) is 0 Å². The summed E-state index contributed by atoms with van der Waals surface area (Å²) in [6, 6.07) is 11.4. The number of anilines is 1. The number of amides is 1. The largest absolute Gasteiger partial charge is 0.488 e. The highest BCUT2D eigenvalue weighted by molar-refractivity contribution is 6.04. The molecular weight excluding hydrogens is 337 g/mol. The van der Waals surface area contributed by atoms with Crippen molar-refractivity contribution in [3.63, 3.8) is 0 Å². The number of ether oxygens (including phenoxy) is 2. The van der Waals surface area contributed by atoms with Crippen molar-refractivity contribution < 1.29 is 23.5 Å². The molecule has 2 aromatic rings. The Morgan fingerprint density at radius 1 is 1.12 bits per heavy atom. The maximum absolute atomic E-state index is 14.1. The first-order valence-corrected chi connectivity index (χ1v) is 8.12. The fraction of sp³-hybridized carbons (Fsp3) is 0.300. The van der Waals surface area contributed by atoms with Crippen molar-refractivity contribution in [2.45, 2.75) is 27.4 Å². The van der Waals surface area contributed by atoms with Crippen LogP contribution in [-0.4, -0.2) is 19.0 Å². The summed E-state index contributed by atoms with van der Waals surface area (Å²) in [5.74, 6) is -1.71. The normalized spacial score (nSPS) is 11.0. The second-order valence-corrected chi connectivity index (χ2v) is 6.80. The van der Waals surface area contributed by atoms with Gasteiger partial charge in [-0.25, -0.2) is 9.18 Å². The van der Waals surface area contributed by atoms with E-state index >= 15 is 0 Å². The van der Waals surface area contributed by atoms with Crippen LogP contribution in [0.25, 0.3) is 0 Å². The van der Waals surface area contributed by atoms with E-state index in [-0.39, 0.29) is 29.5 Å². The molecule has 2 aromatic carbocycles. The lowest BCUT2D eigenvalue weighted by Crippen LogP contribution is -2.28. The summed E-state index contributed by atoms with van der Waals surface area (Å²) < 4.78 is 24.5. The van der Waals surface area contributed by atoms with E-state index in [1.807, 2.05) is 30.3 Å². The quantitative estimate of drug-likeness (QED) is 0.814. The van der Waals surface area contributed by atoms with E-state index in [1.165, 1.54) is 7.11 Å². The molecule has 0 radical (unpaired) electrons. The third-order valence-electron chi connectivity index (χ3n) is 3.62. The third kappa shape index (κ3) is 4.81. The summed E-state index contributed by atoms with van der Waals surface area (Å²) >= 11 is 0. The summed E-state index contributed by atoms with van der Waals surface area (Å²) in [4.78, 5) is 24.5. The number of halogens is 1. The number of benzene rings is 2. The van der Waals surface area contributed by atoms with Gasteiger partial charge in [-0.15, -0.1) is 0 Å². The van der Waals surface area contributed by atoms with Gasteiger partial charge in [0.2, 0.25) is 5.91 Å². The van der Waals surface area contributed by atoms with E-state index in [0.29, 0.717) is 0 Å². The maximum atomic E-state index is 14.1. The minimum absolute atomic E-state index is 0.00455. The highest BCUT2D eigenvalue weighted by Gasteiger charge is 2.26. The SMILES string of the molecule is COC(=O)c1c(NC(=O)C(C)(C)C)cc(F)cc1OCc1ccccc1. The second kappa shape index (κ2) is 7.99. The molecule has 0 fully saturated rings. The highest BCUT2D eigenvalue weighted by Crippen LogP contribution is 2.31. The van der Waals surface area contributed by atoms with Crippen molar-refractivity contribution in [2.75, 3.05) is 12.4 Å². The zero-order chi connectivity index (χ0) is 19.3. The van der Waals surface area contributed by atoms with E-state index in [9.17, 15) is 14.0 Å². The number of esters is 1. The van der Waals surface area contributed by atoms with Gasteiger partial charge in [-0.1, -0.05) is 51.1 Å². The standard InChI is InChI=1S/C20H22FNO4/c1-20(2,3)19(24)22-15-10-14(21)11-16(17(15)18(23)25-4)26-12-13-8-6-5-7-9-13/h5-11H,12H2,1-4H3,(H,22,24). The number of nitrogens with one attached hydrogen (secondary N) is 1. The molecule has 0 aliphatic heterocycles. The number of hydrogen-bond donors (Lipinski definition) is 1. The van der Waals surface area contributed by atoms with Crippen molar-refractivity contribution in [1.82, 2.24) is 0 Å². The zero-order valence-corrected chi connectivity index (χ0v) is 15.3. The monoisotopic (exact) mass is 359 g/mol. The Hall–Kier alpha value is -2.89. The second-order valence-electron chi connectivity index (χ2n) is 6.80. The van der Waals surface area contributed by atoms with Gasteiger partial charge in [0.1, 0.15) is 23.7 Å².